The number of hydrogen-bond acceptors (Lipinski definition) is 2. The molecule has 1 N–H and O–H groups in total. The molecule has 6 heteroatoms. The van der Waals surface area contributed by atoms with Crippen molar-refractivity contribution >= 4 is 18.1 Å². The van der Waals surface area contributed by atoms with Crippen LogP contribution in [0.3, 0.4) is 0 Å². The van der Waals surface area contributed by atoms with E-state index in [0.717, 1.165) is 17.8 Å². The molecule has 0 unspecified atom stereocenters. The summed E-state index contributed by atoms with van der Waals surface area (Å²) in [5, 5.41) is 6.92. The Morgan fingerprint density at radius 1 is 1.35 bits per heavy atom. The van der Waals surface area contributed by atoms with Crippen LogP contribution in [0.2, 0.25) is 0 Å². The number of aromatic nitrogens is 2. The van der Waals surface area contributed by atoms with Gasteiger partial charge in [-0.05, 0) is 18.2 Å². The predicted molar refractivity (Wildman–Crippen MR) is 64.1 cm³/mol. The molecular formula is C11H12ClF2N3. The minimum atomic E-state index is -0.440. The van der Waals surface area contributed by atoms with Crippen LogP contribution in [-0.4, -0.2) is 9.78 Å². The molecule has 2 rings (SSSR count). The van der Waals surface area contributed by atoms with Crippen LogP contribution in [0.5, 0.6) is 0 Å². The van der Waals surface area contributed by atoms with Crippen molar-refractivity contribution in [2.75, 3.05) is 5.32 Å². The summed E-state index contributed by atoms with van der Waals surface area (Å²) in [6.07, 6.45) is 3.38. The normalized spacial score (nSPS) is 9.82. The third-order valence-corrected chi connectivity index (χ3v) is 2.20. The second-order valence-electron chi connectivity index (χ2n) is 3.49. The summed E-state index contributed by atoms with van der Waals surface area (Å²) in [4.78, 5) is 0. The number of nitrogens with one attached hydrogen (secondary N) is 1. The number of halogens is 3. The topological polar surface area (TPSA) is 29.9 Å². The Balaban J connectivity index is 0.00000144. The van der Waals surface area contributed by atoms with E-state index in [2.05, 4.69) is 10.4 Å². The van der Waals surface area contributed by atoms with Crippen molar-refractivity contribution < 1.29 is 8.78 Å². The van der Waals surface area contributed by atoms with Crippen molar-refractivity contribution in [3.8, 4) is 0 Å². The van der Waals surface area contributed by atoms with E-state index in [1.807, 2.05) is 0 Å². The summed E-state index contributed by atoms with van der Waals surface area (Å²) >= 11 is 0. The van der Waals surface area contributed by atoms with E-state index in [0.29, 0.717) is 5.56 Å². The molecule has 0 amide bonds. The molecule has 1 aromatic heterocycles. The Labute approximate surface area is 104 Å². The SMILES string of the molecule is Cl.Cn1cc(NCc2cc(F)ccc2F)cn1. The number of hydrogen-bond donors (Lipinski definition) is 1. The maximum absolute atomic E-state index is 13.3. The maximum atomic E-state index is 13.3. The van der Waals surface area contributed by atoms with Gasteiger partial charge in [-0.15, -0.1) is 12.4 Å². The fourth-order valence-corrected chi connectivity index (χ4v) is 1.39. The second kappa shape index (κ2) is 5.63. The van der Waals surface area contributed by atoms with Crippen molar-refractivity contribution in [2.24, 2.45) is 7.05 Å². The Hall–Kier alpha value is -1.62. The van der Waals surface area contributed by atoms with Gasteiger partial charge in [0.2, 0.25) is 0 Å². The fraction of sp³-hybridized carbons (Fsp3) is 0.182. The first-order valence-electron chi connectivity index (χ1n) is 4.81. The monoisotopic (exact) mass is 259 g/mol. The van der Waals surface area contributed by atoms with Crippen LogP contribution >= 0.6 is 12.4 Å². The van der Waals surface area contributed by atoms with Gasteiger partial charge in [0.05, 0.1) is 11.9 Å². The standard InChI is InChI=1S/C11H11F2N3.ClH/c1-16-7-10(6-15-16)14-5-8-4-9(12)2-3-11(8)13;/h2-4,6-7,14H,5H2,1H3;1H. The van der Waals surface area contributed by atoms with Crippen molar-refractivity contribution in [3.63, 3.8) is 0 Å². The van der Waals surface area contributed by atoms with Gasteiger partial charge < -0.3 is 5.32 Å². The first-order chi connectivity index (χ1) is 7.65. The molecule has 0 saturated carbocycles. The average Bonchev–Trinajstić information content (AvgIpc) is 2.66. The molecule has 0 aliphatic heterocycles. The lowest BCUT2D eigenvalue weighted by Crippen LogP contribution is -2.01. The number of rotatable bonds is 3. The number of anilines is 1. The molecule has 92 valence electrons. The van der Waals surface area contributed by atoms with Gasteiger partial charge in [0, 0.05) is 25.4 Å². The minimum Gasteiger partial charge on any atom is -0.378 e. The van der Waals surface area contributed by atoms with E-state index in [1.54, 1.807) is 24.1 Å². The van der Waals surface area contributed by atoms with Crippen LogP contribution in [0.25, 0.3) is 0 Å². The molecule has 0 bridgehead atoms. The van der Waals surface area contributed by atoms with Gasteiger partial charge in [-0.2, -0.15) is 5.10 Å². The lowest BCUT2D eigenvalue weighted by Gasteiger charge is -2.04. The first-order valence-corrected chi connectivity index (χ1v) is 4.81. The summed E-state index contributed by atoms with van der Waals surface area (Å²) in [6, 6.07) is 3.40. The molecule has 17 heavy (non-hydrogen) atoms. The highest BCUT2D eigenvalue weighted by Crippen LogP contribution is 2.12. The van der Waals surface area contributed by atoms with Gasteiger partial charge in [-0.25, -0.2) is 8.78 Å². The van der Waals surface area contributed by atoms with Crippen LogP contribution < -0.4 is 5.32 Å². The van der Waals surface area contributed by atoms with Crippen LogP contribution in [0.4, 0.5) is 14.5 Å². The molecule has 0 fully saturated rings. The van der Waals surface area contributed by atoms with E-state index >= 15 is 0 Å². The Morgan fingerprint density at radius 2 is 2.12 bits per heavy atom. The molecule has 0 aliphatic rings. The van der Waals surface area contributed by atoms with Crippen LogP contribution in [0.15, 0.2) is 30.6 Å². The van der Waals surface area contributed by atoms with Crippen molar-refractivity contribution in [1.82, 2.24) is 9.78 Å². The maximum Gasteiger partial charge on any atom is 0.128 e. The molecular weight excluding hydrogens is 248 g/mol. The molecule has 1 aromatic carbocycles. The van der Waals surface area contributed by atoms with Gasteiger partial charge in [0.25, 0.3) is 0 Å². The first kappa shape index (κ1) is 13.4. The Bertz CT molecular complexity index is 499. The molecule has 0 atom stereocenters. The summed E-state index contributed by atoms with van der Waals surface area (Å²) in [6.45, 7) is 0.231. The van der Waals surface area contributed by atoms with Crippen LogP contribution in [0, 0.1) is 11.6 Å². The highest BCUT2D eigenvalue weighted by Gasteiger charge is 2.04. The largest absolute Gasteiger partial charge is 0.378 e. The van der Waals surface area contributed by atoms with Crippen LogP contribution in [-0.2, 0) is 13.6 Å². The van der Waals surface area contributed by atoms with E-state index < -0.39 is 11.6 Å². The zero-order valence-corrected chi connectivity index (χ0v) is 9.97. The van der Waals surface area contributed by atoms with Gasteiger partial charge >= 0.3 is 0 Å². The lowest BCUT2D eigenvalue weighted by molar-refractivity contribution is 0.587. The Kier molecular flexibility index (Phi) is 4.45. The highest BCUT2D eigenvalue weighted by atomic mass is 35.5. The number of aryl methyl sites for hydroxylation is 1. The lowest BCUT2D eigenvalue weighted by atomic mass is 10.2. The molecule has 0 spiro atoms. The average molecular weight is 260 g/mol. The molecule has 0 saturated heterocycles. The second-order valence-corrected chi connectivity index (χ2v) is 3.49. The summed E-state index contributed by atoms with van der Waals surface area (Å²) < 4.78 is 27.7. The molecule has 0 aliphatic carbocycles. The summed E-state index contributed by atoms with van der Waals surface area (Å²) in [5.74, 6) is -0.859. The van der Waals surface area contributed by atoms with Crippen molar-refractivity contribution in [2.45, 2.75) is 6.54 Å². The van der Waals surface area contributed by atoms with E-state index in [-0.39, 0.29) is 19.0 Å². The van der Waals surface area contributed by atoms with Gasteiger partial charge in [-0.3, -0.25) is 4.68 Å². The predicted octanol–water partition coefficient (Wildman–Crippen LogP) is 2.73. The fourth-order valence-electron chi connectivity index (χ4n) is 1.39. The molecule has 2 aromatic rings. The number of benzene rings is 1. The zero-order chi connectivity index (χ0) is 11.5. The van der Waals surface area contributed by atoms with Gasteiger partial charge in [-0.1, -0.05) is 0 Å². The molecule has 0 radical (unpaired) electrons. The van der Waals surface area contributed by atoms with Crippen molar-refractivity contribution in [3.05, 3.63) is 47.8 Å². The quantitative estimate of drug-likeness (QED) is 0.919. The van der Waals surface area contributed by atoms with E-state index in [4.69, 9.17) is 0 Å². The van der Waals surface area contributed by atoms with E-state index in [1.165, 1.54) is 6.07 Å². The molecule has 1 heterocycles. The third kappa shape index (κ3) is 3.42. The van der Waals surface area contributed by atoms with Gasteiger partial charge in [0.1, 0.15) is 11.6 Å². The summed E-state index contributed by atoms with van der Waals surface area (Å²) in [5.41, 5.74) is 1.06. The number of nitrogens with zero attached hydrogens (tertiary/aromatic N) is 2. The smallest absolute Gasteiger partial charge is 0.128 e. The summed E-state index contributed by atoms with van der Waals surface area (Å²) in [7, 11) is 1.79. The minimum absolute atomic E-state index is 0. The van der Waals surface area contributed by atoms with Crippen molar-refractivity contribution in [1.29, 1.82) is 0 Å². The molecule has 3 nitrogen and oxygen atoms in total. The van der Waals surface area contributed by atoms with Crippen LogP contribution in [0.1, 0.15) is 5.56 Å². The Morgan fingerprint density at radius 3 is 2.76 bits per heavy atom. The van der Waals surface area contributed by atoms with Gasteiger partial charge in [0.15, 0.2) is 0 Å². The van der Waals surface area contributed by atoms with E-state index in [9.17, 15) is 8.78 Å². The third-order valence-electron chi connectivity index (χ3n) is 2.20. The zero-order valence-electron chi connectivity index (χ0n) is 9.15. The highest BCUT2D eigenvalue weighted by molar-refractivity contribution is 5.85.